The Hall–Kier alpha value is -2.49. The van der Waals surface area contributed by atoms with Crippen LogP contribution in [0.15, 0.2) is 47.5 Å². The van der Waals surface area contributed by atoms with Crippen LogP contribution < -0.4 is 20.1 Å². The van der Waals surface area contributed by atoms with E-state index in [1.54, 1.807) is 21.3 Å². The molecular formula is C23H33IN4O3. The van der Waals surface area contributed by atoms with Gasteiger partial charge in [0.15, 0.2) is 5.96 Å². The predicted molar refractivity (Wildman–Crippen MR) is 136 cm³/mol. The van der Waals surface area contributed by atoms with Crippen LogP contribution in [0, 0.1) is 0 Å². The summed E-state index contributed by atoms with van der Waals surface area (Å²) in [6.45, 7) is 6.54. The molecule has 0 saturated carbocycles. The zero-order chi connectivity index (χ0) is 21.9. The molecule has 1 amide bonds. The minimum Gasteiger partial charge on any atom is -0.497 e. The molecule has 0 aliphatic heterocycles. The quantitative estimate of drug-likeness (QED) is 0.289. The standard InChI is InChI=1S/C23H32N4O3.HI/c1-6-27(7-2)22(28)18-10-8-17(9-11-18)15-25-23(24-3)26-16-19-12-13-20(29-4)14-21(19)30-5;/h8-14H,6-7,15-16H2,1-5H3,(H2,24,25,26);1H. The van der Waals surface area contributed by atoms with Gasteiger partial charge in [0.25, 0.3) is 5.91 Å². The van der Waals surface area contributed by atoms with Gasteiger partial charge in [-0.05, 0) is 43.7 Å². The number of nitrogens with zero attached hydrogens (tertiary/aromatic N) is 2. The van der Waals surface area contributed by atoms with Crippen molar-refractivity contribution in [1.29, 1.82) is 0 Å². The van der Waals surface area contributed by atoms with E-state index in [0.29, 0.717) is 37.7 Å². The molecule has 170 valence electrons. The summed E-state index contributed by atoms with van der Waals surface area (Å²) in [5.74, 6) is 2.24. The summed E-state index contributed by atoms with van der Waals surface area (Å²) in [5, 5.41) is 6.57. The van der Waals surface area contributed by atoms with E-state index in [0.717, 1.165) is 22.6 Å². The zero-order valence-electron chi connectivity index (χ0n) is 18.9. The third kappa shape index (κ3) is 7.61. The van der Waals surface area contributed by atoms with Crippen molar-refractivity contribution in [2.45, 2.75) is 26.9 Å². The van der Waals surface area contributed by atoms with Gasteiger partial charge in [0.1, 0.15) is 11.5 Å². The van der Waals surface area contributed by atoms with Crippen molar-refractivity contribution in [1.82, 2.24) is 15.5 Å². The lowest BCUT2D eigenvalue weighted by Crippen LogP contribution is -2.36. The van der Waals surface area contributed by atoms with Crippen molar-refractivity contribution in [3.63, 3.8) is 0 Å². The van der Waals surface area contributed by atoms with Crippen molar-refractivity contribution in [2.75, 3.05) is 34.4 Å². The number of carbonyl (C=O) groups is 1. The van der Waals surface area contributed by atoms with Crippen molar-refractivity contribution in [2.24, 2.45) is 4.99 Å². The third-order valence-electron chi connectivity index (χ3n) is 4.88. The van der Waals surface area contributed by atoms with Crippen molar-refractivity contribution < 1.29 is 14.3 Å². The SMILES string of the molecule is CCN(CC)C(=O)c1ccc(CNC(=NC)NCc2ccc(OC)cc2OC)cc1.I. The minimum absolute atomic E-state index is 0. The van der Waals surface area contributed by atoms with E-state index in [1.165, 1.54) is 0 Å². The number of aliphatic imine (C=N–C) groups is 1. The molecule has 8 heteroatoms. The summed E-state index contributed by atoms with van der Waals surface area (Å²) in [6, 6.07) is 13.4. The van der Waals surface area contributed by atoms with Gasteiger partial charge in [-0.25, -0.2) is 0 Å². The minimum atomic E-state index is 0. The topological polar surface area (TPSA) is 75.2 Å². The number of ether oxygens (including phenoxy) is 2. The molecule has 2 N–H and O–H groups in total. The largest absolute Gasteiger partial charge is 0.497 e. The molecule has 0 radical (unpaired) electrons. The van der Waals surface area contributed by atoms with E-state index < -0.39 is 0 Å². The summed E-state index contributed by atoms with van der Waals surface area (Å²) in [5.41, 5.74) is 2.77. The Bertz CT molecular complexity index is 852. The fourth-order valence-electron chi connectivity index (χ4n) is 3.04. The number of carbonyl (C=O) groups excluding carboxylic acids is 1. The van der Waals surface area contributed by atoms with Gasteiger partial charge in [-0.2, -0.15) is 0 Å². The highest BCUT2D eigenvalue weighted by atomic mass is 127. The van der Waals surface area contributed by atoms with Crippen LogP contribution in [0.25, 0.3) is 0 Å². The number of benzene rings is 2. The number of halogens is 1. The number of hydrogen-bond acceptors (Lipinski definition) is 4. The molecule has 2 aromatic rings. The summed E-state index contributed by atoms with van der Waals surface area (Å²) in [4.78, 5) is 18.5. The maximum absolute atomic E-state index is 12.4. The second-order valence-corrected chi connectivity index (χ2v) is 6.63. The van der Waals surface area contributed by atoms with Crippen LogP contribution in [-0.2, 0) is 13.1 Å². The van der Waals surface area contributed by atoms with E-state index >= 15 is 0 Å². The maximum Gasteiger partial charge on any atom is 0.253 e. The number of amides is 1. The Balaban J connectivity index is 0.00000480. The summed E-state index contributed by atoms with van der Waals surface area (Å²) in [7, 11) is 5.00. The lowest BCUT2D eigenvalue weighted by Gasteiger charge is -2.18. The van der Waals surface area contributed by atoms with Gasteiger partial charge in [-0.1, -0.05) is 12.1 Å². The Kier molecular flexibility index (Phi) is 11.8. The Labute approximate surface area is 202 Å². The number of nitrogens with one attached hydrogen (secondary N) is 2. The second-order valence-electron chi connectivity index (χ2n) is 6.63. The first kappa shape index (κ1) is 26.5. The molecule has 2 rings (SSSR count). The molecular weight excluding hydrogens is 507 g/mol. The molecule has 0 aliphatic carbocycles. The van der Waals surface area contributed by atoms with Crippen LogP contribution in [0.2, 0.25) is 0 Å². The Morgan fingerprint density at radius 2 is 1.61 bits per heavy atom. The Morgan fingerprint density at radius 1 is 0.968 bits per heavy atom. The number of methoxy groups -OCH3 is 2. The number of rotatable bonds is 9. The summed E-state index contributed by atoms with van der Waals surface area (Å²) in [6.07, 6.45) is 0. The molecule has 2 aromatic carbocycles. The molecule has 0 unspecified atom stereocenters. The van der Waals surface area contributed by atoms with Crippen LogP contribution in [0.1, 0.15) is 35.3 Å². The normalized spacial score (nSPS) is 10.7. The summed E-state index contributed by atoms with van der Waals surface area (Å²) < 4.78 is 10.7. The van der Waals surface area contributed by atoms with Crippen LogP contribution in [0.3, 0.4) is 0 Å². The molecule has 7 nitrogen and oxygen atoms in total. The third-order valence-corrected chi connectivity index (χ3v) is 4.88. The van der Waals surface area contributed by atoms with Gasteiger partial charge in [0.2, 0.25) is 0 Å². The fraction of sp³-hybridized carbons (Fsp3) is 0.391. The van der Waals surface area contributed by atoms with Crippen LogP contribution >= 0.6 is 24.0 Å². The lowest BCUT2D eigenvalue weighted by molar-refractivity contribution is 0.0773. The highest BCUT2D eigenvalue weighted by molar-refractivity contribution is 14.0. The molecule has 0 heterocycles. The molecule has 0 spiro atoms. The highest BCUT2D eigenvalue weighted by Gasteiger charge is 2.12. The predicted octanol–water partition coefficient (Wildman–Crippen LogP) is 3.67. The Morgan fingerprint density at radius 3 is 2.16 bits per heavy atom. The number of guanidine groups is 1. The van der Waals surface area contributed by atoms with Gasteiger partial charge in [0, 0.05) is 50.4 Å². The van der Waals surface area contributed by atoms with Gasteiger partial charge in [0.05, 0.1) is 14.2 Å². The fourth-order valence-corrected chi connectivity index (χ4v) is 3.04. The maximum atomic E-state index is 12.4. The van der Waals surface area contributed by atoms with E-state index in [-0.39, 0.29) is 29.9 Å². The van der Waals surface area contributed by atoms with Crippen LogP contribution in [-0.4, -0.2) is 51.1 Å². The van der Waals surface area contributed by atoms with Gasteiger partial charge in [-0.15, -0.1) is 24.0 Å². The average Bonchev–Trinajstić information content (AvgIpc) is 2.80. The average molecular weight is 540 g/mol. The molecule has 0 aromatic heterocycles. The van der Waals surface area contributed by atoms with E-state index in [2.05, 4.69) is 15.6 Å². The molecule has 31 heavy (non-hydrogen) atoms. The molecule has 0 saturated heterocycles. The molecule has 0 atom stereocenters. The van der Waals surface area contributed by atoms with Crippen molar-refractivity contribution in [3.8, 4) is 11.5 Å². The van der Waals surface area contributed by atoms with Crippen molar-refractivity contribution in [3.05, 3.63) is 59.2 Å². The van der Waals surface area contributed by atoms with E-state index in [4.69, 9.17) is 9.47 Å². The summed E-state index contributed by atoms with van der Waals surface area (Å²) >= 11 is 0. The molecule has 0 bridgehead atoms. The van der Waals surface area contributed by atoms with Crippen LogP contribution in [0.4, 0.5) is 0 Å². The zero-order valence-corrected chi connectivity index (χ0v) is 21.2. The van der Waals surface area contributed by atoms with E-state index in [9.17, 15) is 4.79 Å². The van der Waals surface area contributed by atoms with Gasteiger partial charge in [-0.3, -0.25) is 9.79 Å². The first-order chi connectivity index (χ1) is 14.6. The van der Waals surface area contributed by atoms with Gasteiger partial charge >= 0.3 is 0 Å². The van der Waals surface area contributed by atoms with Gasteiger partial charge < -0.3 is 25.0 Å². The monoisotopic (exact) mass is 540 g/mol. The second kappa shape index (κ2) is 13.7. The molecule has 0 aliphatic rings. The highest BCUT2D eigenvalue weighted by Crippen LogP contribution is 2.24. The van der Waals surface area contributed by atoms with E-state index in [1.807, 2.05) is 61.2 Å². The van der Waals surface area contributed by atoms with Crippen LogP contribution in [0.5, 0.6) is 11.5 Å². The smallest absolute Gasteiger partial charge is 0.253 e. The molecule has 0 fully saturated rings. The first-order valence-corrected chi connectivity index (χ1v) is 10.1. The lowest BCUT2D eigenvalue weighted by atomic mass is 10.1. The number of hydrogen-bond donors (Lipinski definition) is 2. The first-order valence-electron chi connectivity index (χ1n) is 10.1. The van der Waals surface area contributed by atoms with Crippen molar-refractivity contribution >= 4 is 35.8 Å².